The van der Waals surface area contributed by atoms with Crippen molar-refractivity contribution in [3.05, 3.63) is 452 Å². The number of fused-ring (bicyclic) bond motifs is 9. The Morgan fingerprint density at radius 2 is 0.496 bits per heavy atom. The van der Waals surface area contributed by atoms with E-state index < -0.39 is 0 Å². The topological polar surface area (TPSA) is 31.0 Å². The maximum Gasteiger partial charge on any atom is 0.0541 e. The third-order valence-corrected chi connectivity index (χ3v) is 24.0. The van der Waals surface area contributed by atoms with Crippen molar-refractivity contribution in [3.8, 4) is 22.5 Å². The Morgan fingerprint density at radius 1 is 0.202 bits per heavy atom. The molecule has 0 fully saturated rings. The maximum absolute atomic E-state index is 2.47. The maximum atomic E-state index is 2.47. The highest BCUT2D eigenvalue weighted by Gasteiger charge is 2.27. The second-order valence-corrected chi connectivity index (χ2v) is 31.4. The van der Waals surface area contributed by atoms with Gasteiger partial charge in [0.1, 0.15) is 0 Å². The Hall–Kier alpha value is -15.1. The first-order valence-electron chi connectivity index (χ1n) is 41.4. The van der Waals surface area contributed by atoms with Crippen LogP contribution < -0.4 is 24.5 Å². The van der Waals surface area contributed by atoms with Crippen LogP contribution in [0.5, 0.6) is 0 Å². The molecule has 0 radical (unpaired) electrons. The third-order valence-electron chi connectivity index (χ3n) is 24.0. The number of anilines is 12. The molecular weight excluding hydrogens is 1450 g/mol. The summed E-state index contributed by atoms with van der Waals surface area (Å²) in [6, 6.07) is 145. The minimum absolute atomic E-state index is 0.823. The second-order valence-electron chi connectivity index (χ2n) is 31.4. The van der Waals surface area contributed by atoms with Gasteiger partial charge in [-0.1, -0.05) is 182 Å². The van der Waals surface area contributed by atoms with E-state index >= 15 is 0 Å². The van der Waals surface area contributed by atoms with Crippen molar-refractivity contribution in [2.24, 2.45) is 0 Å². The number of rotatable bonds is 19. The van der Waals surface area contributed by atoms with E-state index in [-0.39, 0.29) is 0 Å². The lowest BCUT2D eigenvalue weighted by molar-refractivity contribution is 0.850. The molecule has 8 heteroatoms. The molecule has 3 aromatic heterocycles. The first-order chi connectivity index (χ1) is 58.8. The molecule has 119 heavy (non-hydrogen) atoms. The van der Waals surface area contributed by atoms with E-state index in [9.17, 15) is 0 Å². The van der Waals surface area contributed by atoms with Gasteiger partial charge in [-0.2, -0.15) is 0 Å². The van der Waals surface area contributed by atoms with Gasteiger partial charge in [-0.05, 0) is 311 Å². The quantitative estimate of drug-likeness (QED) is 0.0805. The molecule has 0 unspecified atom stereocenters. The number of aromatic nitrogens is 3. The summed E-state index contributed by atoms with van der Waals surface area (Å²) in [5.74, 6) is 0. The lowest BCUT2D eigenvalue weighted by Crippen LogP contribution is -2.22. The molecule has 3 heterocycles. The van der Waals surface area contributed by atoms with Crippen LogP contribution in [0.15, 0.2) is 436 Å². The molecule has 2 aliphatic rings. The molecule has 0 N–H and O–H groups in total. The molecule has 0 spiro atoms. The van der Waals surface area contributed by atoms with Crippen molar-refractivity contribution in [3.63, 3.8) is 0 Å². The van der Waals surface area contributed by atoms with Crippen molar-refractivity contribution in [1.82, 2.24) is 13.7 Å². The molecule has 0 atom stereocenters. The number of benzene rings is 16. The summed E-state index contributed by atoms with van der Waals surface area (Å²) in [6.45, 7) is 6.59. The molecule has 8 nitrogen and oxygen atoms in total. The number of hydrogen-bond donors (Lipinski definition) is 0. The van der Waals surface area contributed by atoms with Crippen LogP contribution in [0, 0.1) is 20.8 Å². The summed E-state index contributed by atoms with van der Waals surface area (Å²) in [6.07, 6.45) is 12.8. The number of para-hydroxylation sites is 8. The second kappa shape index (κ2) is 30.6. The highest BCUT2D eigenvalue weighted by Crippen LogP contribution is 2.47. The van der Waals surface area contributed by atoms with E-state index in [1.54, 1.807) is 0 Å². The van der Waals surface area contributed by atoms with Gasteiger partial charge in [-0.3, -0.25) is 0 Å². The molecule has 21 rings (SSSR count). The molecule has 0 saturated heterocycles. The fraction of sp³-hybridized carbons (Fsp3) is 0.0631. The fourth-order valence-corrected chi connectivity index (χ4v) is 18.5. The molecule has 16 aromatic carbocycles. The predicted molar refractivity (Wildman–Crippen MR) is 503 cm³/mol. The van der Waals surface area contributed by atoms with E-state index in [0.717, 1.165) is 116 Å². The normalized spacial score (nSPS) is 12.9. The van der Waals surface area contributed by atoms with Crippen LogP contribution in [-0.4, -0.2) is 13.7 Å². The Labute approximate surface area is 694 Å². The first-order valence-corrected chi connectivity index (χ1v) is 41.4. The minimum Gasteiger partial charge on any atom is -0.314 e. The predicted octanol–water partition coefficient (Wildman–Crippen LogP) is 30.4. The van der Waals surface area contributed by atoms with Crippen molar-refractivity contribution >= 4 is 139 Å². The molecule has 0 bridgehead atoms. The van der Waals surface area contributed by atoms with Gasteiger partial charge in [0.05, 0.1) is 33.1 Å². The summed E-state index contributed by atoms with van der Waals surface area (Å²) in [5, 5.41) is 7.48. The lowest BCUT2D eigenvalue weighted by atomic mass is 9.97. The van der Waals surface area contributed by atoms with Crippen LogP contribution in [0.25, 0.3) is 93.6 Å². The van der Waals surface area contributed by atoms with Gasteiger partial charge >= 0.3 is 0 Å². The average Bonchev–Trinajstić information content (AvgIpc) is 1.59. The summed E-state index contributed by atoms with van der Waals surface area (Å²) < 4.78 is 7.32. The zero-order chi connectivity index (χ0) is 79.4. The Morgan fingerprint density at radius 3 is 0.882 bits per heavy atom. The van der Waals surface area contributed by atoms with Gasteiger partial charge in [-0.25, -0.2) is 0 Å². The van der Waals surface area contributed by atoms with E-state index in [4.69, 9.17) is 0 Å². The van der Waals surface area contributed by atoms with Crippen LogP contribution in [0.1, 0.15) is 42.4 Å². The zero-order valence-electron chi connectivity index (χ0n) is 66.7. The first kappa shape index (κ1) is 71.6. The molecule has 0 saturated carbocycles. The summed E-state index contributed by atoms with van der Waals surface area (Å²) in [7, 11) is 0. The van der Waals surface area contributed by atoms with Crippen molar-refractivity contribution in [2.45, 2.75) is 46.5 Å². The average molecular weight is 1530 g/mol. The highest BCUT2D eigenvalue weighted by atomic mass is 15.2. The third kappa shape index (κ3) is 13.2. The van der Waals surface area contributed by atoms with Crippen LogP contribution in [-0.2, 0) is 0 Å². The summed E-state index contributed by atoms with van der Waals surface area (Å²) in [5.41, 5.74) is 33.6. The van der Waals surface area contributed by atoms with Crippen molar-refractivity contribution in [1.29, 1.82) is 0 Å². The fourth-order valence-electron chi connectivity index (χ4n) is 18.5. The van der Waals surface area contributed by atoms with E-state index in [1.165, 1.54) is 105 Å². The summed E-state index contributed by atoms with van der Waals surface area (Å²) >= 11 is 0. The highest BCUT2D eigenvalue weighted by molar-refractivity contribution is 6.12. The van der Waals surface area contributed by atoms with Crippen molar-refractivity contribution in [2.75, 3.05) is 24.5 Å². The van der Waals surface area contributed by atoms with Gasteiger partial charge in [0.15, 0.2) is 0 Å². The number of allylic oxidation sites excluding steroid dienone is 8. The Balaban J connectivity index is 0.609. The van der Waals surface area contributed by atoms with E-state index in [2.05, 4.69) is 478 Å². The van der Waals surface area contributed by atoms with Crippen LogP contribution in [0.4, 0.5) is 68.2 Å². The SMILES string of the molecule is Cc1cccc(N(C2=CC=C(N(c3ccc(N(c4ccccc4)c4cccc(C)c4)cc3)c3ccc(N(c4ccccc4)c4ccc(-c5ccc6c(c5)c5ccccc5n6-c5ccc(N(C6=CC=C(n7c8ccccc8c8ccccc87)CC6)c6ccc(-n7c8ccccc8c8ccccc87)cc6)cc5)c(C)c4)cc3)CC2)c2ccccc2)c1. The molecule has 570 valence electrons. The lowest BCUT2D eigenvalue weighted by Gasteiger charge is -2.34. The standard InChI is InChI=1S/C111H86N8/c1-77-25-23-33-96(73-77)114(81-27-7-4-8-28-81)90-52-46-84(47-53-90)112(85-48-54-91(55-49-85)115(82-29-9-5-10-30-82)97-34-24-26-78(2)74-97)86-50-56-92(57-51-86)116(83-31-11-6-12-32-83)98-70-71-99(79(3)75-98)80-45-72-111-105(76-80)104-39-17-22-44-110(104)119(111)95-68-62-89(63-69-95)113(87-58-64-93(65-59-87)117-106-40-18-13-35-100(106)101-36-14-19-41-107(101)117)88-60-66-94(67-61-88)118-108-42-20-15-37-102(108)103-38-16-21-43-109(103)118/h4-48,50-54,56-60,62-66,68-76H,49,55,61,67H2,1-3H3. The molecule has 19 aromatic rings. The largest absolute Gasteiger partial charge is 0.314 e. The van der Waals surface area contributed by atoms with Gasteiger partial charge in [0.25, 0.3) is 0 Å². The smallest absolute Gasteiger partial charge is 0.0541 e. The van der Waals surface area contributed by atoms with E-state index in [0.29, 0.717) is 0 Å². The Kier molecular flexibility index (Phi) is 18.4. The molecule has 0 aliphatic heterocycles. The van der Waals surface area contributed by atoms with Gasteiger partial charge in [0, 0.05) is 135 Å². The molecule has 0 amide bonds. The van der Waals surface area contributed by atoms with Crippen LogP contribution >= 0.6 is 0 Å². The van der Waals surface area contributed by atoms with Gasteiger partial charge in [0.2, 0.25) is 0 Å². The van der Waals surface area contributed by atoms with Gasteiger partial charge in [-0.15, -0.1) is 0 Å². The molecule has 2 aliphatic carbocycles. The number of hydrogen-bond acceptors (Lipinski definition) is 5. The van der Waals surface area contributed by atoms with Crippen molar-refractivity contribution < 1.29 is 0 Å². The van der Waals surface area contributed by atoms with E-state index in [1.807, 2.05) is 0 Å². The van der Waals surface area contributed by atoms with Crippen LogP contribution in [0.3, 0.4) is 0 Å². The minimum atomic E-state index is 0.823. The number of nitrogens with zero attached hydrogens (tertiary/aromatic N) is 8. The monoisotopic (exact) mass is 1530 g/mol. The Bertz CT molecular complexity index is 7080. The summed E-state index contributed by atoms with van der Waals surface area (Å²) in [4.78, 5) is 12.1. The molecular formula is C111H86N8. The van der Waals surface area contributed by atoms with Crippen LogP contribution in [0.2, 0.25) is 0 Å². The number of aryl methyl sites for hydroxylation is 3. The van der Waals surface area contributed by atoms with Gasteiger partial charge < -0.3 is 38.2 Å². The zero-order valence-corrected chi connectivity index (χ0v) is 66.7.